The first kappa shape index (κ1) is 21.9. The second-order valence-corrected chi connectivity index (χ2v) is 5.57. The van der Waals surface area contributed by atoms with Crippen molar-refractivity contribution in [2.75, 3.05) is 31.7 Å². The lowest BCUT2D eigenvalue weighted by atomic mass is 10.2. The third kappa shape index (κ3) is 9.55. The molecule has 23 heavy (non-hydrogen) atoms. The van der Waals surface area contributed by atoms with E-state index in [0.717, 1.165) is 35.3 Å². The molecule has 0 heterocycles. The quantitative estimate of drug-likeness (QED) is 0.190. The Labute approximate surface area is 160 Å². The maximum absolute atomic E-state index is 5.65. The fourth-order valence-corrected chi connectivity index (χ4v) is 2.33. The molecule has 0 radical (unpaired) electrons. The molecule has 0 aliphatic rings. The summed E-state index contributed by atoms with van der Waals surface area (Å²) in [6, 6.07) is 7.97. The summed E-state index contributed by atoms with van der Waals surface area (Å²) < 4.78 is 5.65. The van der Waals surface area contributed by atoms with Gasteiger partial charge < -0.3 is 15.4 Å². The van der Waals surface area contributed by atoms with Crippen LogP contribution in [0.3, 0.4) is 0 Å². The van der Waals surface area contributed by atoms with E-state index in [1.807, 2.05) is 42.1 Å². The lowest BCUT2D eigenvalue weighted by Gasteiger charge is -2.14. The second-order valence-electron chi connectivity index (χ2n) is 4.42. The molecule has 128 valence electrons. The zero-order valence-corrected chi connectivity index (χ0v) is 16.7. The van der Waals surface area contributed by atoms with Crippen molar-refractivity contribution in [1.29, 1.82) is 0 Å². The van der Waals surface area contributed by atoms with Crippen molar-refractivity contribution < 1.29 is 4.74 Å². The summed E-state index contributed by atoms with van der Waals surface area (Å²) in [6.07, 6.45) is 3.66. The summed E-state index contributed by atoms with van der Waals surface area (Å²) in [4.78, 5) is 4.22. The molecule has 0 saturated heterocycles. The van der Waals surface area contributed by atoms with Gasteiger partial charge in [-0.25, -0.2) is 0 Å². The highest BCUT2D eigenvalue weighted by Gasteiger charge is 2.03. The molecule has 0 saturated carbocycles. The molecule has 0 atom stereocenters. The first-order valence-corrected chi connectivity index (χ1v) is 8.42. The molecule has 1 rings (SSSR count). The van der Waals surface area contributed by atoms with Crippen LogP contribution < -0.4 is 15.4 Å². The summed E-state index contributed by atoms with van der Waals surface area (Å²) in [7, 11) is 1.77. The smallest absolute Gasteiger partial charge is 0.191 e. The highest BCUT2D eigenvalue weighted by atomic mass is 127. The van der Waals surface area contributed by atoms with Crippen molar-refractivity contribution in [3.05, 3.63) is 55.1 Å². The van der Waals surface area contributed by atoms with Gasteiger partial charge in [-0.3, -0.25) is 4.99 Å². The van der Waals surface area contributed by atoms with Crippen molar-refractivity contribution >= 4 is 41.7 Å². The van der Waals surface area contributed by atoms with Gasteiger partial charge in [0.15, 0.2) is 5.96 Å². The highest BCUT2D eigenvalue weighted by Crippen LogP contribution is 2.17. The van der Waals surface area contributed by atoms with Gasteiger partial charge in [0.05, 0.1) is 0 Å². The molecule has 0 fully saturated rings. The fraction of sp³-hybridized carbons (Fsp3) is 0.353. The third-order valence-electron chi connectivity index (χ3n) is 2.77. The fourth-order valence-electron chi connectivity index (χ4n) is 1.75. The zero-order chi connectivity index (χ0) is 16.0. The Morgan fingerprint density at radius 3 is 2.74 bits per heavy atom. The average Bonchev–Trinajstić information content (AvgIpc) is 2.56. The number of hydrogen-bond donors (Lipinski definition) is 2. The molecule has 0 aliphatic carbocycles. The molecular formula is C17H26IN3OS. The van der Waals surface area contributed by atoms with Gasteiger partial charge in [-0.1, -0.05) is 36.9 Å². The summed E-state index contributed by atoms with van der Waals surface area (Å²) >= 11 is 1.84. The molecule has 0 unspecified atom stereocenters. The number of para-hydroxylation sites is 1. The van der Waals surface area contributed by atoms with E-state index in [1.54, 1.807) is 13.1 Å². The summed E-state index contributed by atoms with van der Waals surface area (Å²) in [5.41, 5.74) is 1.09. The van der Waals surface area contributed by atoms with E-state index in [-0.39, 0.29) is 24.0 Å². The number of aliphatic imine (C=N–C) groups is 1. The van der Waals surface area contributed by atoms with Gasteiger partial charge in [0.25, 0.3) is 0 Å². The van der Waals surface area contributed by atoms with Crippen LogP contribution in [-0.2, 0) is 6.54 Å². The maximum Gasteiger partial charge on any atom is 0.191 e. The van der Waals surface area contributed by atoms with Crippen LogP contribution >= 0.6 is 35.7 Å². The van der Waals surface area contributed by atoms with Crippen LogP contribution in [-0.4, -0.2) is 37.7 Å². The van der Waals surface area contributed by atoms with Gasteiger partial charge in [0.1, 0.15) is 12.4 Å². The van der Waals surface area contributed by atoms with E-state index < -0.39 is 0 Å². The van der Waals surface area contributed by atoms with Crippen molar-refractivity contribution in [2.24, 2.45) is 4.99 Å². The molecule has 0 aliphatic heterocycles. The first-order valence-electron chi connectivity index (χ1n) is 7.26. The summed E-state index contributed by atoms with van der Waals surface area (Å²) in [6.45, 7) is 9.41. The summed E-state index contributed by atoms with van der Waals surface area (Å²) in [5, 5.41) is 6.59. The number of rotatable bonds is 10. The molecule has 1 aromatic carbocycles. The SMILES string of the molecule is C=CCOc1ccccc1CNC(=NC)NCCSCC=C.I. The number of halogens is 1. The van der Waals surface area contributed by atoms with E-state index in [4.69, 9.17) is 4.74 Å². The van der Waals surface area contributed by atoms with E-state index >= 15 is 0 Å². The van der Waals surface area contributed by atoms with Gasteiger partial charge in [0.2, 0.25) is 0 Å². The third-order valence-corrected chi connectivity index (χ3v) is 3.74. The molecule has 0 spiro atoms. The number of nitrogens with one attached hydrogen (secondary N) is 2. The molecule has 1 aromatic rings. The number of thioether (sulfide) groups is 1. The minimum atomic E-state index is 0. The predicted molar refractivity (Wildman–Crippen MR) is 113 cm³/mol. The van der Waals surface area contributed by atoms with Gasteiger partial charge in [-0.2, -0.15) is 11.8 Å². The number of nitrogens with zero attached hydrogens (tertiary/aromatic N) is 1. The monoisotopic (exact) mass is 447 g/mol. The predicted octanol–water partition coefficient (Wildman–Crippen LogP) is 3.45. The summed E-state index contributed by atoms with van der Waals surface area (Å²) in [5.74, 6) is 3.65. The topological polar surface area (TPSA) is 45.6 Å². The van der Waals surface area contributed by atoms with Crippen LogP contribution in [0.15, 0.2) is 54.6 Å². The number of benzene rings is 1. The van der Waals surface area contributed by atoms with Gasteiger partial charge in [0, 0.05) is 37.2 Å². The Morgan fingerprint density at radius 1 is 1.26 bits per heavy atom. The van der Waals surface area contributed by atoms with Crippen LogP contribution in [0, 0.1) is 0 Å². The second kappa shape index (κ2) is 14.4. The van der Waals surface area contributed by atoms with Crippen molar-refractivity contribution in [2.45, 2.75) is 6.54 Å². The molecule has 0 amide bonds. The average molecular weight is 447 g/mol. The molecule has 4 nitrogen and oxygen atoms in total. The number of guanidine groups is 1. The normalized spacial score (nSPS) is 10.4. The number of hydrogen-bond acceptors (Lipinski definition) is 3. The lowest BCUT2D eigenvalue weighted by molar-refractivity contribution is 0.358. The van der Waals surface area contributed by atoms with Crippen molar-refractivity contribution in [3.8, 4) is 5.75 Å². The van der Waals surface area contributed by atoms with E-state index in [9.17, 15) is 0 Å². The molecule has 0 aromatic heterocycles. The Balaban J connectivity index is 0.00000484. The minimum Gasteiger partial charge on any atom is -0.489 e. The first-order chi connectivity index (χ1) is 10.8. The van der Waals surface area contributed by atoms with Crippen LogP contribution in [0.1, 0.15) is 5.56 Å². The highest BCUT2D eigenvalue weighted by molar-refractivity contribution is 14.0. The zero-order valence-electron chi connectivity index (χ0n) is 13.6. The molecule has 0 bridgehead atoms. The van der Waals surface area contributed by atoms with E-state index in [0.29, 0.717) is 13.2 Å². The standard InChI is InChI=1S/C17H25N3OS.HI/c1-4-11-21-16-9-7-6-8-15(16)14-20-17(18-3)19-10-13-22-12-5-2;/h4-9H,1-2,10-14H2,3H3,(H2,18,19,20);1H. The maximum atomic E-state index is 5.65. The van der Waals surface area contributed by atoms with E-state index in [2.05, 4.69) is 28.8 Å². The van der Waals surface area contributed by atoms with Crippen LogP contribution in [0.5, 0.6) is 5.75 Å². The van der Waals surface area contributed by atoms with E-state index in [1.165, 1.54) is 0 Å². The van der Waals surface area contributed by atoms with Crippen LogP contribution in [0.2, 0.25) is 0 Å². The van der Waals surface area contributed by atoms with Gasteiger partial charge >= 0.3 is 0 Å². The lowest BCUT2D eigenvalue weighted by Crippen LogP contribution is -2.38. The Hall–Kier alpha value is -1.15. The Kier molecular flexibility index (Phi) is 13.7. The van der Waals surface area contributed by atoms with Crippen molar-refractivity contribution in [1.82, 2.24) is 10.6 Å². The van der Waals surface area contributed by atoms with Crippen LogP contribution in [0.4, 0.5) is 0 Å². The molecule has 6 heteroatoms. The van der Waals surface area contributed by atoms with Gasteiger partial charge in [-0.15, -0.1) is 30.6 Å². The Bertz CT molecular complexity index is 494. The largest absolute Gasteiger partial charge is 0.489 e. The number of ether oxygens (including phenoxy) is 1. The van der Waals surface area contributed by atoms with Crippen molar-refractivity contribution in [3.63, 3.8) is 0 Å². The Morgan fingerprint density at radius 2 is 2.04 bits per heavy atom. The molecule has 2 N–H and O–H groups in total. The van der Waals surface area contributed by atoms with Crippen LogP contribution in [0.25, 0.3) is 0 Å². The minimum absolute atomic E-state index is 0. The van der Waals surface area contributed by atoms with Gasteiger partial charge in [-0.05, 0) is 6.07 Å². The molecular weight excluding hydrogens is 421 g/mol.